The van der Waals surface area contributed by atoms with Gasteiger partial charge in [0.05, 0.1) is 35.1 Å². The van der Waals surface area contributed by atoms with Gasteiger partial charge in [0.2, 0.25) is 11.8 Å². The molecule has 2 fully saturated rings. The number of methoxy groups -OCH3 is 1. The van der Waals surface area contributed by atoms with E-state index in [0.29, 0.717) is 21.5 Å². The Balaban J connectivity index is 1.38. The molecule has 0 aliphatic carbocycles. The first-order chi connectivity index (χ1) is 19.0. The molecule has 192 valence electrons. The number of halogens is 1. The molecule has 7 heteroatoms. The number of rotatable bonds is 4. The van der Waals surface area contributed by atoms with Gasteiger partial charge in [0.1, 0.15) is 11.8 Å². The van der Waals surface area contributed by atoms with E-state index < -0.39 is 23.9 Å². The minimum atomic E-state index is -0.845. The molecule has 4 atom stereocenters. The second kappa shape index (κ2) is 8.92. The highest BCUT2D eigenvalue weighted by Crippen LogP contribution is 2.50. The molecule has 0 saturated carbocycles. The second-order valence-electron chi connectivity index (χ2n) is 10.0. The minimum Gasteiger partial charge on any atom is -0.496 e. The van der Waals surface area contributed by atoms with Crippen LogP contribution in [-0.2, 0) is 9.59 Å². The van der Waals surface area contributed by atoms with Crippen LogP contribution in [0.15, 0.2) is 95.5 Å². The molecular formula is C32H23BrN2O4. The van der Waals surface area contributed by atoms with E-state index in [1.54, 1.807) is 31.4 Å². The summed E-state index contributed by atoms with van der Waals surface area (Å²) in [6, 6.07) is 25.0. The van der Waals surface area contributed by atoms with E-state index in [0.717, 1.165) is 22.0 Å². The Morgan fingerprint density at radius 3 is 2.38 bits per heavy atom. The first-order valence-corrected chi connectivity index (χ1v) is 13.6. The number of ketones is 1. The number of benzene rings is 4. The molecule has 2 amide bonds. The van der Waals surface area contributed by atoms with Crippen molar-refractivity contribution in [3.05, 3.63) is 107 Å². The smallest absolute Gasteiger partial charge is 0.240 e. The molecule has 4 aromatic carbocycles. The summed E-state index contributed by atoms with van der Waals surface area (Å²) in [4.78, 5) is 46.0. The van der Waals surface area contributed by atoms with Crippen molar-refractivity contribution in [2.24, 2.45) is 11.8 Å². The van der Waals surface area contributed by atoms with Gasteiger partial charge >= 0.3 is 0 Å². The molecule has 4 aromatic rings. The number of nitrogens with zero attached hydrogens (tertiary/aromatic N) is 2. The molecule has 0 spiro atoms. The van der Waals surface area contributed by atoms with E-state index in [4.69, 9.17) is 4.74 Å². The molecule has 0 N–H and O–H groups in total. The zero-order valence-corrected chi connectivity index (χ0v) is 22.5. The summed E-state index contributed by atoms with van der Waals surface area (Å²) >= 11 is 3.49. The maximum absolute atomic E-state index is 14.3. The van der Waals surface area contributed by atoms with Crippen LogP contribution in [0.4, 0.5) is 11.4 Å². The summed E-state index contributed by atoms with van der Waals surface area (Å²) in [6.45, 7) is 0. The predicted octanol–water partition coefficient (Wildman–Crippen LogP) is 5.88. The van der Waals surface area contributed by atoms with E-state index in [1.807, 2.05) is 77.7 Å². The molecule has 39 heavy (non-hydrogen) atoms. The fraction of sp³-hybridized carbons (Fsp3) is 0.156. The molecule has 3 aliphatic rings. The fourth-order valence-electron chi connectivity index (χ4n) is 6.44. The summed E-state index contributed by atoms with van der Waals surface area (Å²) in [6.07, 6.45) is 3.96. The first-order valence-electron chi connectivity index (χ1n) is 12.8. The van der Waals surface area contributed by atoms with Crippen molar-refractivity contribution in [3.63, 3.8) is 0 Å². The van der Waals surface area contributed by atoms with Crippen molar-refractivity contribution in [2.45, 2.75) is 12.1 Å². The SMILES string of the molecule is COc1ccc(C(=O)[C@H]2[C@@H]3C(=O)N(c4cccc5ccccc45)C(=O)[C@@H]3[C@H]3C=Cc4ccccc4N32)cc1Br. The highest BCUT2D eigenvalue weighted by molar-refractivity contribution is 9.10. The Kier molecular flexibility index (Phi) is 5.45. The van der Waals surface area contributed by atoms with Gasteiger partial charge in [0, 0.05) is 16.6 Å². The average Bonchev–Trinajstić information content (AvgIpc) is 3.44. The number of carbonyl (C=O) groups is 3. The zero-order chi connectivity index (χ0) is 26.8. The predicted molar refractivity (Wildman–Crippen MR) is 154 cm³/mol. The van der Waals surface area contributed by atoms with Crippen molar-refractivity contribution < 1.29 is 19.1 Å². The summed E-state index contributed by atoms with van der Waals surface area (Å²) in [5.74, 6) is -1.72. The van der Waals surface area contributed by atoms with Crippen molar-refractivity contribution in [3.8, 4) is 5.75 Å². The van der Waals surface area contributed by atoms with Gasteiger partial charge in [-0.05, 0) is 57.2 Å². The standard InChI is InChI=1S/C32H23BrN2O4/c1-39-26-16-14-20(17-22(26)33)30(36)29-28-27(25-15-13-19-8-3-5-11-23(19)34(25)29)31(37)35(32(28)38)24-12-6-9-18-7-2-4-10-21(18)24/h2-17,25,27-29H,1H3/t25-,27-,28-,29-/m1/s1. The Hall–Kier alpha value is -4.23. The third-order valence-corrected chi connectivity index (χ3v) is 8.75. The van der Waals surface area contributed by atoms with E-state index in [1.165, 1.54) is 4.90 Å². The zero-order valence-electron chi connectivity index (χ0n) is 21.0. The van der Waals surface area contributed by atoms with Gasteiger partial charge < -0.3 is 9.64 Å². The maximum atomic E-state index is 14.3. The van der Waals surface area contributed by atoms with Gasteiger partial charge in [0.25, 0.3) is 0 Å². The Morgan fingerprint density at radius 2 is 1.56 bits per heavy atom. The number of anilines is 2. The summed E-state index contributed by atoms with van der Waals surface area (Å²) < 4.78 is 6.00. The highest BCUT2D eigenvalue weighted by atomic mass is 79.9. The van der Waals surface area contributed by atoms with Gasteiger partial charge in [-0.3, -0.25) is 14.4 Å². The van der Waals surface area contributed by atoms with Gasteiger partial charge in [-0.25, -0.2) is 4.90 Å². The van der Waals surface area contributed by atoms with Crippen LogP contribution in [-0.4, -0.2) is 36.8 Å². The van der Waals surface area contributed by atoms with E-state index in [9.17, 15) is 14.4 Å². The third kappa shape index (κ3) is 3.42. The van der Waals surface area contributed by atoms with Crippen LogP contribution in [0.1, 0.15) is 15.9 Å². The lowest BCUT2D eigenvalue weighted by atomic mass is 9.86. The number of fused-ring (bicyclic) bond motifs is 6. The Labute approximate surface area is 233 Å². The van der Waals surface area contributed by atoms with Crippen molar-refractivity contribution in [1.82, 2.24) is 0 Å². The fourth-order valence-corrected chi connectivity index (χ4v) is 6.99. The number of hydrogen-bond acceptors (Lipinski definition) is 5. The maximum Gasteiger partial charge on any atom is 0.240 e. The Morgan fingerprint density at radius 1 is 0.846 bits per heavy atom. The lowest BCUT2D eigenvalue weighted by Gasteiger charge is -2.36. The quantitative estimate of drug-likeness (QED) is 0.223. The van der Waals surface area contributed by atoms with Crippen LogP contribution in [0.25, 0.3) is 16.8 Å². The summed E-state index contributed by atoms with van der Waals surface area (Å²) in [7, 11) is 1.56. The topological polar surface area (TPSA) is 66.9 Å². The molecule has 0 unspecified atom stereocenters. The molecule has 0 bridgehead atoms. The number of carbonyl (C=O) groups excluding carboxylic acids is 3. The summed E-state index contributed by atoms with van der Waals surface area (Å²) in [5.41, 5.74) is 2.81. The number of ether oxygens (including phenoxy) is 1. The van der Waals surface area contributed by atoms with Crippen molar-refractivity contribution in [1.29, 1.82) is 0 Å². The Bertz CT molecular complexity index is 1730. The molecule has 7 rings (SSSR count). The number of amides is 2. The average molecular weight is 579 g/mol. The molecule has 0 aromatic heterocycles. The molecule has 3 heterocycles. The van der Waals surface area contributed by atoms with Gasteiger partial charge in [-0.15, -0.1) is 0 Å². The number of Topliss-reactive ketones (excluding diaryl/α,β-unsaturated/α-hetero) is 1. The molecule has 3 aliphatic heterocycles. The van der Waals surface area contributed by atoms with Crippen LogP contribution in [0.3, 0.4) is 0 Å². The van der Waals surface area contributed by atoms with Crippen molar-refractivity contribution >= 4 is 61.8 Å². The van der Waals surface area contributed by atoms with Crippen LogP contribution in [0, 0.1) is 11.8 Å². The second-order valence-corrected chi connectivity index (χ2v) is 10.9. The van der Waals surface area contributed by atoms with E-state index >= 15 is 0 Å². The van der Waals surface area contributed by atoms with E-state index in [2.05, 4.69) is 15.9 Å². The van der Waals surface area contributed by atoms with Crippen LogP contribution in [0.2, 0.25) is 0 Å². The van der Waals surface area contributed by atoms with Crippen molar-refractivity contribution in [2.75, 3.05) is 16.9 Å². The number of hydrogen-bond donors (Lipinski definition) is 0. The molecule has 6 nitrogen and oxygen atoms in total. The normalized spacial score (nSPS) is 23.1. The van der Waals surface area contributed by atoms with Crippen LogP contribution >= 0.6 is 15.9 Å². The largest absolute Gasteiger partial charge is 0.496 e. The highest BCUT2D eigenvalue weighted by Gasteiger charge is 2.64. The molecular weight excluding hydrogens is 556 g/mol. The lowest BCUT2D eigenvalue weighted by molar-refractivity contribution is -0.122. The molecule has 0 radical (unpaired) electrons. The van der Waals surface area contributed by atoms with E-state index in [-0.39, 0.29) is 17.6 Å². The first kappa shape index (κ1) is 23.9. The van der Waals surface area contributed by atoms with Crippen LogP contribution in [0.5, 0.6) is 5.75 Å². The monoisotopic (exact) mass is 578 g/mol. The lowest BCUT2D eigenvalue weighted by Crippen LogP contribution is -2.48. The number of para-hydroxylation sites is 1. The number of imide groups is 1. The van der Waals surface area contributed by atoms with Gasteiger partial charge in [0.15, 0.2) is 5.78 Å². The van der Waals surface area contributed by atoms with Crippen LogP contribution < -0.4 is 14.5 Å². The van der Waals surface area contributed by atoms with Gasteiger partial charge in [-0.2, -0.15) is 0 Å². The van der Waals surface area contributed by atoms with Gasteiger partial charge in [-0.1, -0.05) is 66.7 Å². The summed E-state index contributed by atoms with van der Waals surface area (Å²) in [5, 5.41) is 1.77. The minimum absolute atomic E-state index is 0.207. The third-order valence-electron chi connectivity index (χ3n) is 8.13. The molecule has 2 saturated heterocycles.